The fourth-order valence-electron chi connectivity index (χ4n) is 3.78. The molecule has 0 aliphatic carbocycles. The van der Waals surface area contributed by atoms with Crippen molar-refractivity contribution in [1.29, 1.82) is 5.26 Å². The smallest absolute Gasteiger partial charge is 0.335 e. The fourth-order valence-corrected chi connectivity index (χ4v) is 3.78. The van der Waals surface area contributed by atoms with Crippen molar-refractivity contribution < 1.29 is 18.0 Å². The fraction of sp³-hybridized carbons (Fsp3) is 0.455. The lowest BCUT2D eigenvalue weighted by Gasteiger charge is -2.37. The Morgan fingerprint density at radius 2 is 1.81 bits per heavy atom. The van der Waals surface area contributed by atoms with Crippen LogP contribution in [0.1, 0.15) is 35.6 Å². The molecule has 0 spiro atoms. The van der Waals surface area contributed by atoms with Gasteiger partial charge in [0, 0.05) is 37.9 Å². The van der Waals surface area contributed by atoms with Crippen LogP contribution in [0, 0.1) is 24.2 Å². The highest BCUT2D eigenvalue weighted by Crippen LogP contribution is 2.30. The van der Waals surface area contributed by atoms with Crippen LogP contribution in [0.25, 0.3) is 5.69 Å². The highest BCUT2D eigenvalue weighted by atomic mass is 19.4. The molecule has 7 nitrogen and oxygen atoms in total. The number of halogens is 3. The summed E-state index contributed by atoms with van der Waals surface area (Å²) in [5.41, 5.74) is -1.37. The topological polar surface area (TPSA) is 82.2 Å². The van der Waals surface area contributed by atoms with Crippen LogP contribution in [-0.4, -0.2) is 57.7 Å². The summed E-state index contributed by atoms with van der Waals surface area (Å²) in [6.45, 7) is 7.06. The second-order valence-electron chi connectivity index (χ2n) is 8.10. The average Bonchev–Trinajstić information content (AvgIpc) is 2.73. The molecule has 1 fully saturated rings. The molecule has 1 saturated heterocycles. The van der Waals surface area contributed by atoms with Crippen molar-refractivity contribution >= 4 is 5.91 Å². The molecule has 0 radical (unpaired) electrons. The van der Waals surface area contributed by atoms with Crippen molar-refractivity contribution in [2.45, 2.75) is 33.0 Å². The number of aromatic nitrogens is 2. The lowest BCUT2D eigenvalue weighted by Crippen LogP contribution is -2.53. The first kappa shape index (κ1) is 23.5. The number of carbonyl (C=O) groups excluding carboxylic acids is 1. The van der Waals surface area contributed by atoms with E-state index < -0.39 is 23.1 Å². The third-order valence-electron chi connectivity index (χ3n) is 5.49. The predicted molar refractivity (Wildman–Crippen MR) is 111 cm³/mol. The normalized spacial score (nSPS) is 16.1. The van der Waals surface area contributed by atoms with E-state index in [0.29, 0.717) is 31.9 Å². The van der Waals surface area contributed by atoms with Gasteiger partial charge in [0.2, 0.25) is 5.43 Å². The van der Waals surface area contributed by atoms with E-state index in [4.69, 9.17) is 0 Å². The summed E-state index contributed by atoms with van der Waals surface area (Å²) in [4.78, 5) is 29.0. The molecule has 1 aromatic heterocycles. The Labute approximate surface area is 183 Å². The van der Waals surface area contributed by atoms with Gasteiger partial charge in [-0.05, 0) is 31.0 Å². The van der Waals surface area contributed by atoms with Crippen LogP contribution in [0.15, 0.2) is 35.1 Å². The maximum atomic E-state index is 13.1. The first-order chi connectivity index (χ1) is 15.0. The number of rotatable bonds is 4. The second kappa shape index (κ2) is 9.12. The highest BCUT2D eigenvalue weighted by molar-refractivity contribution is 5.92. The number of piperazine rings is 1. The zero-order valence-electron chi connectivity index (χ0n) is 18.1. The molecule has 0 bridgehead atoms. The lowest BCUT2D eigenvalue weighted by atomic mass is 10.0. The van der Waals surface area contributed by atoms with Crippen LogP contribution in [0.4, 0.5) is 13.2 Å². The third-order valence-corrected chi connectivity index (χ3v) is 5.49. The van der Waals surface area contributed by atoms with Crippen molar-refractivity contribution in [3.05, 3.63) is 57.5 Å². The zero-order chi connectivity index (χ0) is 23.6. The molecular weight excluding hydrogens is 423 g/mol. The molecule has 170 valence electrons. The molecule has 1 atom stereocenters. The van der Waals surface area contributed by atoms with Gasteiger partial charge >= 0.3 is 6.18 Å². The van der Waals surface area contributed by atoms with Gasteiger partial charge in [0.05, 0.1) is 17.3 Å². The Hall–Kier alpha value is -3.19. The van der Waals surface area contributed by atoms with Gasteiger partial charge in [0.1, 0.15) is 6.04 Å². The zero-order valence-corrected chi connectivity index (χ0v) is 18.1. The summed E-state index contributed by atoms with van der Waals surface area (Å²) in [5, 5.41) is 13.5. The molecule has 1 amide bonds. The number of benzene rings is 1. The Balaban J connectivity index is 1.87. The van der Waals surface area contributed by atoms with Crippen LogP contribution in [0.2, 0.25) is 0 Å². The second-order valence-corrected chi connectivity index (χ2v) is 8.10. The van der Waals surface area contributed by atoms with Crippen molar-refractivity contribution in [2.24, 2.45) is 5.92 Å². The minimum atomic E-state index is -4.53. The van der Waals surface area contributed by atoms with E-state index in [0.717, 1.165) is 12.1 Å². The van der Waals surface area contributed by atoms with Gasteiger partial charge in [-0.25, -0.2) is 4.68 Å². The molecule has 1 unspecified atom stereocenters. The standard InChI is InChI=1S/C22H24F3N5O2/c1-14(2)18(13-26)28-7-9-29(10-8-28)21(32)20-19(31)11-15(3)30(27-20)17-6-4-5-16(12-17)22(23,24)25/h4-6,11-12,14,18H,7-10H2,1-3H3. The van der Waals surface area contributed by atoms with Crippen molar-refractivity contribution in [2.75, 3.05) is 26.2 Å². The number of aryl methyl sites for hydroxylation is 1. The molecule has 2 heterocycles. The van der Waals surface area contributed by atoms with Crippen molar-refractivity contribution in [3.8, 4) is 11.8 Å². The average molecular weight is 447 g/mol. The number of nitrogens with zero attached hydrogens (tertiary/aromatic N) is 5. The molecule has 0 saturated carbocycles. The molecule has 3 rings (SSSR count). The molecular formula is C22H24F3N5O2. The number of carbonyl (C=O) groups is 1. The van der Waals surface area contributed by atoms with Gasteiger partial charge < -0.3 is 4.90 Å². The predicted octanol–water partition coefficient (Wildman–Crippen LogP) is 2.87. The van der Waals surface area contributed by atoms with Crippen LogP contribution in [0.3, 0.4) is 0 Å². The van der Waals surface area contributed by atoms with E-state index in [2.05, 4.69) is 11.2 Å². The minimum absolute atomic E-state index is 0.102. The van der Waals surface area contributed by atoms with Gasteiger partial charge in [-0.3, -0.25) is 14.5 Å². The number of hydrogen-bond acceptors (Lipinski definition) is 5. The van der Waals surface area contributed by atoms with Crippen LogP contribution >= 0.6 is 0 Å². The van der Waals surface area contributed by atoms with Gasteiger partial charge in [-0.2, -0.15) is 23.5 Å². The number of amides is 1. The van der Waals surface area contributed by atoms with Crippen molar-refractivity contribution in [1.82, 2.24) is 19.6 Å². The molecule has 1 aliphatic rings. The molecule has 1 aromatic carbocycles. The maximum absolute atomic E-state index is 13.1. The van der Waals surface area contributed by atoms with Gasteiger partial charge in [-0.15, -0.1) is 0 Å². The number of alkyl halides is 3. The monoisotopic (exact) mass is 447 g/mol. The Morgan fingerprint density at radius 1 is 1.16 bits per heavy atom. The molecule has 10 heteroatoms. The van der Waals surface area contributed by atoms with Gasteiger partial charge in [0.25, 0.3) is 5.91 Å². The first-order valence-corrected chi connectivity index (χ1v) is 10.2. The van der Waals surface area contributed by atoms with Crippen LogP contribution in [-0.2, 0) is 6.18 Å². The highest BCUT2D eigenvalue weighted by Gasteiger charge is 2.32. The van der Waals surface area contributed by atoms with E-state index in [9.17, 15) is 28.0 Å². The number of nitriles is 1. The minimum Gasteiger partial charge on any atom is -0.335 e. The Kier molecular flexibility index (Phi) is 6.69. The van der Waals surface area contributed by atoms with E-state index >= 15 is 0 Å². The lowest BCUT2D eigenvalue weighted by molar-refractivity contribution is -0.137. The third kappa shape index (κ3) is 4.83. The Morgan fingerprint density at radius 3 is 2.38 bits per heavy atom. The molecule has 1 aliphatic heterocycles. The van der Waals surface area contributed by atoms with Crippen LogP contribution in [0.5, 0.6) is 0 Å². The van der Waals surface area contributed by atoms with E-state index in [-0.39, 0.29) is 23.3 Å². The molecule has 32 heavy (non-hydrogen) atoms. The summed E-state index contributed by atoms with van der Waals surface area (Å²) < 4.78 is 40.5. The van der Waals surface area contributed by atoms with E-state index in [1.807, 2.05) is 18.7 Å². The summed E-state index contributed by atoms with van der Waals surface area (Å²) in [7, 11) is 0. The van der Waals surface area contributed by atoms with Gasteiger partial charge in [0.15, 0.2) is 5.69 Å². The van der Waals surface area contributed by atoms with Crippen molar-refractivity contribution in [3.63, 3.8) is 0 Å². The number of hydrogen-bond donors (Lipinski definition) is 0. The summed E-state index contributed by atoms with van der Waals surface area (Å²) in [5.74, 6) is -0.436. The largest absolute Gasteiger partial charge is 0.416 e. The van der Waals surface area contributed by atoms with Crippen LogP contribution < -0.4 is 5.43 Å². The SMILES string of the molecule is Cc1cc(=O)c(C(=O)N2CCN(C(C#N)C(C)C)CC2)nn1-c1cccc(C(F)(F)F)c1. The maximum Gasteiger partial charge on any atom is 0.416 e. The first-order valence-electron chi connectivity index (χ1n) is 10.2. The quantitative estimate of drug-likeness (QED) is 0.720. The summed E-state index contributed by atoms with van der Waals surface area (Å²) >= 11 is 0. The van der Waals surface area contributed by atoms with Gasteiger partial charge in [-0.1, -0.05) is 19.9 Å². The Bertz CT molecular complexity index is 1100. The van der Waals surface area contributed by atoms with E-state index in [1.54, 1.807) is 0 Å². The summed E-state index contributed by atoms with van der Waals surface area (Å²) in [6.07, 6.45) is -4.53. The summed E-state index contributed by atoms with van der Waals surface area (Å²) in [6, 6.07) is 7.76. The molecule has 0 N–H and O–H groups in total. The molecule has 2 aromatic rings. The van der Waals surface area contributed by atoms with E-state index in [1.165, 1.54) is 34.7 Å².